The van der Waals surface area contributed by atoms with E-state index in [-0.39, 0.29) is 13.0 Å². The van der Waals surface area contributed by atoms with Crippen molar-refractivity contribution in [3.8, 4) is 5.75 Å². The predicted octanol–water partition coefficient (Wildman–Crippen LogP) is 4.06. The summed E-state index contributed by atoms with van der Waals surface area (Å²) in [5, 5.41) is 0.567. The van der Waals surface area contributed by atoms with Crippen LogP contribution in [-0.2, 0) is 0 Å². The van der Waals surface area contributed by atoms with E-state index >= 15 is 0 Å². The van der Waals surface area contributed by atoms with E-state index in [0.717, 1.165) is 0 Å². The quantitative estimate of drug-likeness (QED) is 0.719. The van der Waals surface area contributed by atoms with Crippen molar-refractivity contribution in [3.63, 3.8) is 0 Å². The van der Waals surface area contributed by atoms with E-state index in [1.54, 1.807) is 24.3 Å². The van der Waals surface area contributed by atoms with Gasteiger partial charge in [0.05, 0.1) is 6.61 Å². The third-order valence-corrected chi connectivity index (χ3v) is 1.94. The molecule has 0 aliphatic heterocycles. The fourth-order valence-electron chi connectivity index (χ4n) is 0.993. The van der Waals surface area contributed by atoms with E-state index in [9.17, 15) is 13.2 Å². The van der Waals surface area contributed by atoms with Crippen molar-refractivity contribution in [2.75, 3.05) is 6.61 Å². The Labute approximate surface area is 90.8 Å². The molecular formula is C10H10ClF3O. The topological polar surface area (TPSA) is 9.23 Å². The van der Waals surface area contributed by atoms with Crippen molar-refractivity contribution in [1.29, 1.82) is 0 Å². The highest BCUT2D eigenvalue weighted by molar-refractivity contribution is 6.30. The highest BCUT2D eigenvalue weighted by Gasteiger charge is 2.25. The van der Waals surface area contributed by atoms with E-state index in [1.807, 2.05) is 0 Å². The van der Waals surface area contributed by atoms with Crippen LogP contribution in [0.2, 0.25) is 5.02 Å². The Morgan fingerprint density at radius 3 is 2.27 bits per heavy atom. The third-order valence-electron chi connectivity index (χ3n) is 1.69. The van der Waals surface area contributed by atoms with Gasteiger partial charge in [0.2, 0.25) is 0 Å². The summed E-state index contributed by atoms with van der Waals surface area (Å²) in [5.74, 6) is 0.529. The first kappa shape index (κ1) is 12.2. The molecule has 0 aliphatic rings. The lowest BCUT2D eigenvalue weighted by Crippen LogP contribution is -2.09. The van der Waals surface area contributed by atoms with Crippen molar-refractivity contribution in [1.82, 2.24) is 0 Å². The zero-order valence-corrected chi connectivity index (χ0v) is 8.61. The minimum absolute atomic E-state index is 0.0356. The number of halogens is 4. The average Bonchev–Trinajstić information content (AvgIpc) is 2.14. The molecule has 84 valence electrons. The Morgan fingerprint density at radius 1 is 1.13 bits per heavy atom. The van der Waals surface area contributed by atoms with Crippen LogP contribution >= 0.6 is 11.6 Å². The summed E-state index contributed by atoms with van der Waals surface area (Å²) in [6.45, 7) is 0.0567. The van der Waals surface area contributed by atoms with E-state index in [0.29, 0.717) is 10.8 Å². The molecule has 5 heteroatoms. The van der Waals surface area contributed by atoms with Crippen LogP contribution in [0.25, 0.3) is 0 Å². The number of hydrogen-bond acceptors (Lipinski definition) is 1. The van der Waals surface area contributed by atoms with Crippen LogP contribution in [0.5, 0.6) is 5.75 Å². The summed E-state index contributed by atoms with van der Waals surface area (Å²) in [6, 6.07) is 6.49. The van der Waals surface area contributed by atoms with Gasteiger partial charge in [-0.2, -0.15) is 13.2 Å². The molecule has 0 spiro atoms. The first-order valence-electron chi connectivity index (χ1n) is 4.42. The standard InChI is InChI=1S/C10H10ClF3O/c11-8-2-4-9(5-3-8)15-7-1-6-10(12,13)14/h2-5H,1,6-7H2. The van der Waals surface area contributed by atoms with Crippen LogP contribution in [0, 0.1) is 0 Å². The molecule has 0 N–H and O–H groups in total. The SMILES string of the molecule is FC(F)(F)CCCOc1ccc(Cl)cc1. The smallest absolute Gasteiger partial charge is 0.389 e. The molecule has 0 saturated heterocycles. The highest BCUT2D eigenvalue weighted by Crippen LogP contribution is 2.22. The van der Waals surface area contributed by atoms with Gasteiger partial charge < -0.3 is 4.74 Å². The maximum absolute atomic E-state index is 11.8. The summed E-state index contributed by atoms with van der Waals surface area (Å²) in [5.41, 5.74) is 0. The molecule has 0 radical (unpaired) electrons. The average molecular weight is 239 g/mol. The second kappa shape index (κ2) is 5.26. The molecule has 0 bridgehead atoms. The molecule has 0 aromatic heterocycles. The molecule has 1 nitrogen and oxygen atoms in total. The van der Waals surface area contributed by atoms with Crippen molar-refractivity contribution in [2.24, 2.45) is 0 Å². The van der Waals surface area contributed by atoms with Gasteiger partial charge in [-0.3, -0.25) is 0 Å². The monoisotopic (exact) mass is 238 g/mol. The van der Waals surface area contributed by atoms with Gasteiger partial charge in [-0.15, -0.1) is 0 Å². The molecule has 0 atom stereocenters. The summed E-state index contributed by atoms with van der Waals surface area (Å²) >= 11 is 5.63. The van der Waals surface area contributed by atoms with Gasteiger partial charge in [-0.1, -0.05) is 11.6 Å². The van der Waals surface area contributed by atoms with Crippen LogP contribution < -0.4 is 4.74 Å². The largest absolute Gasteiger partial charge is 0.494 e. The van der Waals surface area contributed by atoms with Crippen LogP contribution in [-0.4, -0.2) is 12.8 Å². The maximum Gasteiger partial charge on any atom is 0.389 e. The van der Waals surface area contributed by atoms with Crippen LogP contribution in [0.1, 0.15) is 12.8 Å². The van der Waals surface area contributed by atoms with Gasteiger partial charge in [-0.05, 0) is 30.7 Å². The van der Waals surface area contributed by atoms with Gasteiger partial charge in [0.25, 0.3) is 0 Å². The second-order valence-corrected chi connectivity index (χ2v) is 3.46. The highest BCUT2D eigenvalue weighted by atomic mass is 35.5. The summed E-state index contributed by atoms with van der Waals surface area (Å²) in [7, 11) is 0. The molecule has 1 aromatic rings. The fraction of sp³-hybridized carbons (Fsp3) is 0.400. The van der Waals surface area contributed by atoms with Gasteiger partial charge in [0, 0.05) is 11.4 Å². The second-order valence-electron chi connectivity index (χ2n) is 3.02. The zero-order chi connectivity index (χ0) is 11.3. The van der Waals surface area contributed by atoms with Crippen LogP contribution in [0.15, 0.2) is 24.3 Å². The Kier molecular flexibility index (Phi) is 4.27. The molecule has 1 rings (SSSR count). The molecular weight excluding hydrogens is 229 g/mol. The third kappa shape index (κ3) is 5.52. The fourth-order valence-corrected chi connectivity index (χ4v) is 1.12. The van der Waals surface area contributed by atoms with E-state index < -0.39 is 12.6 Å². The number of alkyl halides is 3. The summed E-state index contributed by atoms with van der Waals surface area (Å²) < 4.78 is 40.4. The maximum atomic E-state index is 11.8. The molecule has 1 aromatic carbocycles. The molecule has 0 heterocycles. The first-order chi connectivity index (χ1) is 6.97. The van der Waals surface area contributed by atoms with Crippen LogP contribution in [0.3, 0.4) is 0 Å². The van der Waals surface area contributed by atoms with Crippen molar-refractivity contribution in [3.05, 3.63) is 29.3 Å². The lowest BCUT2D eigenvalue weighted by molar-refractivity contribution is -0.136. The van der Waals surface area contributed by atoms with Gasteiger partial charge in [0.15, 0.2) is 0 Å². The van der Waals surface area contributed by atoms with Gasteiger partial charge in [-0.25, -0.2) is 0 Å². The number of rotatable bonds is 4. The molecule has 0 unspecified atom stereocenters. The molecule has 15 heavy (non-hydrogen) atoms. The molecule has 0 amide bonds. The van der Waals surface area contributed by atoms with Crippen molar-refractivity contribution in [2.45, 2.75) is 19.0 Å². The summed E-state index contributed by atoms with van der Waals surface area (Å²) in [4.78, 5) is 0. The Balaban J connectivity index is 2.23. The van der Waals surface area contributed by atoms with E-state index in [4.69, 9.17) is 16.3 Å². The Morgan fingerprint density at radius 2 is 1.73 bits per heavy atom. The van der Waals surface area contributed by atoms with E-state index in [1.165, 1.54) is 0 Å². The Bertz CT molecular complexity index is 295. The lowest BCUT2D eigenvalue weighted by atomic mass is 10.3. The number of benzene rings is 1. The number of ether oxygens (including phenoxy) is 1. The van der Waals surface area contributed by atoms with E-state index in [2.05, 4.69) is 0 Å². The predicted molar refractivity (Wildman–Crippen MR) is 52.2 cm³/mol. The number of hydrogen-bond donors (Lipinski definition) is 0. The van der Waals surface area contributed by atoms with Crippen molar-refractivity contribution < 1.29 is 17.9 Å². The lowest BCUT2D eigenvalue weighted by Gasteiger charge is -2.07. The van der Waals surface area contributed by atoms with Gasteiger partial charge >= 0.3 is 6.18 Å². The Hall–Kier alpha value is -0.900. The normalized spacial score (nSPS) is 11.5. The molecule has 0 saturated carbocycles. The van der Waals surface area contributed by atoms with Gasteiger partial charge in [0.1, 0.15) is 5.75 Å². The van der Waals surface area contributed by atoms with Crippen molar-refractivity contribution >= 4 is 11.6 Å². The zero-order valence-electron chi connectivity index (χ0n) is 7.85. The minimum atomic E-state index is -4.11. The minimum Gasteiger partial charge on any atom is -0.494 e. The van der Waals surface area contributed by atoms with Crippen LogP contribution in [0.4, 0.5) is 13.2 Å². The molecule has 0 aliphatic carbocycles. The first-order valence-corrected chi connectivity index (χ1v) is 4.80. The molecule has 0 fully saturated rings. The summed E-state index contributed by atoms with van der Waals surface area (Å²) in [6.07, 6.45) is -4.96.